The van der Waals surface area contributed by atoms with Gasteiger partial charge in [0, 0.05) is 14.1 Å². The van der Waals surface area contributed by atoms with E-state index in [4.69, 9.17) is 0 Å². The molecular weight excluding hydrogens is 417 g/mol. The van der Waals surface area contributed by atoms with Gasteiger partial charge in [-0.2, -0.15) is 17.9 Å². The maximum Gasteiger partial charge on any atom is 0.421 e. The van der Waals surface area contributed by atoms with E-state index in [-0.39, 0.29) is 0 Å². The maximum atomic E-state index is 14.2. The summed E-state index contributed by atoms with van der Waals surface area (Å²) in [6.45, 7) is 1.64. The molecule has 1 atom stereocenters. The number of aryl methyl sites for hydroxylation is 1. The standard InChI is InChI=1S/C16H15F3N4O5S/c1-8-4-6-9(7-5-8)29(27,28)21-15(16(17,18)19)10-11(20-13(15)25)22(2)14(26)23(3)12(10)24/h4-7,21H,1-3H3,(H,20,25)/t15-/m0/s1. The summed E-state index contributed by atoms with van der Waals surface area (Å²) in [6, 6.07) is 4.85. The van der Waals surface area contributed by atoms with Gasteiger partial charge in [-0.25, -0.2) is 13.2 Å². The Morgan fingerprint density at radius 2 is 1.59 bits per heavy atom. The molecule has 0 unspecified atom stereocenters. The molecule has 1 aliphatic heterocycles. The predicted molar refractivity (Wildman–Crippen MR) is 94.8 cm³/mol. The number of alkyl halides is 3. The normalized spacial score (nSPS) is 19.2. The van der Waals surface area contributed by atoms with Crippen molar-refractivity contribution in [1.29, 1.82) is 0 Å². The Labute approximate surface area is 161 Å². The number of halogens is 3. The number of anilines is 1. The van der Waals surface area contributed by atoms with Crippen LogP contribution in [0.1, 0.15) is 11.1 Å². The lowest BCUT2D eigenvalue weighted by molar-refractivity contribution is -0.194. The topological polar surface area (TPSA) is 119 Å². The highest BCUT2D eigenvalue weighted by Gasteiger charge is 2.69. The van der Waals surface area contributed by atoms with Crippen LogP contribution in [-0.2, 0) is 34.5 Å². The fourth-order valence-electron chi connectivity index (χ4n) is 3.05. The molecule has 0 fully saturated rings. The molecule has 3 rings (SSSR count). The van der Waals surface area contributed by atoms with Gasteiger partial charge in [-0.1, -0.05) is 17.7 Å². The van der Waals surface area contributed by atoms with Crippen LogP contribution in [0, 0.1) is 6.92 Å². The summed E-state index contributed by atoms with van der Waals surface area (Å²) in [6.07, 6.45) is -5.54. The Bertz CT molecular complexity index is 1250. The van der Waals surface area contributed by atoms with Crippen molar-refractivity contribution in [3.05, 3.63) is 56.2 Å². The molecule has 13 heteroatoms. The van der Waals surface area contributed by atoms with E-state index in [0.29, 0.717) is 14.7 Å². The summed E-state index contributed by atoms with van der Waals surface area (Å²) >= 11 is 0. The van der Waals surface area contributed by atoms with Crippen LogP contribution in [0.3, 0.4) is 0 Å². The van der Waals surface area contributed by atoms with E-state index in [1.165, 1.54) is 16.9 Å². The summed E-state index contributed by atoms with van der Waals surface area (Å²) in [5.41, 5.74) is -6.93. The maximum absolute atomic E-state index is 14.2. The predicted octanol–water partition coefficient (Wildman–Crippen LogP) is 0.0806. The van der Waals surface area contributed by atoms with Crippen LogP contribution in [-0.4, -0.2) is 29.6 Å². The Kier molecular flexibility index (Phi) is 4.51. The fraction of sp³-hybridized carbons (Fsp3) is 0.312. The quantitative estimate of drug-likeness (QED) is 0.712. The summed E-state index contributed by atoms with van der Waals surface area (Å²) in [4.78, 5) is 36.5. The molecule has 2 heterocycles. The second-order valence-electron chi connectivity index (χ2n) is 6.55. The SMILES string of the molecule is Cc1ccc(S(=O)(=O)N[C@]2(C(F)(F)F)C(=O)Nc3c2c(=O)n(C)c(=O)n3C)cc1. The minimum Gasteiger partial charge on any atom is -0.309 e. The summed E-state index contributed by atoms with van der Waals surface area (Å²) in [7, 11) is -2.93. The molecule has 29 heavy (non-hydrogen) atoms. The minimum atomic E-state index is -5.54. The molecule has 1 amide bonds. The van der Waals surface area contributed by atoms with Crippen molar-refractivity contribution in [2.75, 3.05) is 5.32 Å². The number of benzene rings is 1. The van der Waals surface area contributed by atoms with Crippen molar-refractivity contribution >= 4 is 21.7 Å². The van der Waals surface area contributed by atoms with Crippen LogP contribution in [0.5, 0.6) is 0 Å². The third-order valence-electron chi connectivity index (χ3n) is 4.66. The average Bonchev–Trinajstić information content (AvgIpc) is 2.91. The molecule has 0 spiro atoms. The molecule has 0 aliphatic carbocycles. The van der Waals surface area contributed by atoms with Crippen LogP contribution >= 0.6 is 0 Å². The first-order chi connectivity index (χ1) is 13.2. The number of aromatic nitrogens is 2. The molecule has 0 bridgehead atoms. The van der Waals surface area contributed by atoms with E-state index in [1.54, 1.807) is 6.92 Å². The number of amides is 1. The number of carbonyl (C=O) groups excluding carboxylic acids is 1. The van der Waals surface area contributed by atoms with Gasteiger partial charge in [0.05, 0.1) is 10.5 Å². The monoisotopic (exact) mass is 432 g/mol. The number of hydrogen-bond acceptors (Lipinski definition) is 5. The van der Waals surface area contributed by atoms with Crippen molar-refractivity contribution < 1.29 is 26.4 Å². The molecule has 9 nitrogen and oxygen atoms in total. The molecule has 1 aromatic carbocycles. The minimum absolute atomic E-state index is 0.361. The van der Waals surface area contributed by atoms with Gasteiger partial charge in [-0.3, -0.25) is 18.7 Å². The molecule has 2 aromatic rings. The van der Waals surface area contributed by atoms with Crippen molar-refractivity contribution in [3.63, 3.8) is 0 Å². The first-order valence-electron chi connectivity index (χ1n) is 8.03. The van der Waals surface area contributed by atoms with Crippen LogP contribution in [0.25, 0.3) is 0 Å². The number of fused-ring (bicyclic) bond motifs is 1. The number of carbonyl (C=O) groups is 1. The summed E-state index contributed by atoms with van der Waals surface area (Å²) in [5.74, 6) is -2.57. The van der Waals surface area contributed by atoms with Gasteiger partial charge >= 0.3 is 11.9 Å². The molecule has 0 saturated carbocycles. The Balaban J connectivity index is 2.35. The van der Waals surface area contributed by atoms with Gasteiger partial charge < -0.3 is 5.32 Å². The molecule has 2 N–H and O–H groups in total. The van der Waals surface area contributed by atoms with Crippen molar-refractivity contribution in [2.45, 2.75) is 23.5 Å². The van der Waals surface area contributed by atoms with Gasteiger partial charge in [0.1, 0.15) is 5.82 Å². The van der Waals surface area contributed by atoms with E-state index in [2.05, 4.69) is 0 Å². The second-order valence-corrected chi connectivity index (χ2v) is 8.23. The van der Waals surface area contributed by atoms with Gasteiger partial charge in [-0.05, 0) is 19.1 Å². The zero-order valence-electron chi connectivity index (χ0n) is 15.3. The molecule has 1 aromatic heterocycles. The van der Waals surface area contributed by atoms with E-state index in [1.807, 2.05) is 5.32 Å². The van der Waals surface area contributed by atoms with Crippen LogP contribution in [0.2, 0.25) is 0 Å². The molecule has 1 aliphatic rings. The molecule has 0 radical (unpaired) electrons. The number of nitrogens with one attached hydrogen (secondary N) is 2. The second kappa shape index (κ2) is 6.29. The Hall–Kier alpha value is -2.93. The number of hydrogen-bond donors (Lipinski definition) is 2. The number of sulfonamides is 1. The van der Waals surface area contributed by atoms with Gasteiger partial charge in [0.2, 0.25) is 15.6 Å². The van der Waals surface area contributed by atoms with E-state index >= 15 is 0 Å². The van der Waals surface area contributed by atoms with Crippen molar-refractivity contribution in [2.24, 2.45) is 14.1 Å². The Morgan fingerprint density at radius 1 is 1.03 bits per heavy atom. The lowest BCUT2D eigenvalue weighted by Gasteiger charge is -2.30. The van der Waals surface area contributed by atoms with Crippen LogP contribution in [0.4, 0.5) is 19.0 Å². The third-order valence-corrected chi connectivity index (χ3v) is 6.12. The Morgan fingerprint density at radius 3 is 2.10 bits per heavy atom. The van der Waals surface area contributed by atoms with Crippen LogP contribution in [0.15, 0.2) is 38.8 Å². The molecule has 0 saturated heterocycles. The highest BCUT2D eigenvalue weighted by molar-refractivity contribution is 7.89. The molecular formula is C16H15F3N4O5S. The van der Waals surface area contributed by atoms with Crippen molar-refractivity contribution in [1.82, 2.24) is 13.9 Å². The van der Waals surface area contributed by atoms with Crippen molar-refractivity contribution in [3.8, 4) is 0 Å². The summed E-state index contributed by atoms with van der Waals surface area (Å²) < 4.78 is 70.3. The number of nitrogens with zero attached hydrogens (tertiary/aromatic N) is 2. The average molecular weight is 432 g/mol. The van der Waals surface area contributed by atoms with E-state index in [9.17, 15) is 36.0 Å². The van der Waals surface area contributed by atoms with E-state index in [0.717, 1.165) is 26.2 Å². The lowest BCUT2D eigenvalue weighted by atomic mass is 9.93. The summed E-state index contributed by atoms with van der Waals surface area (Å²) in [5, 5.41) is 1.82. The smallest absolute Gasteiger partial charge is 0.309 e. The van der Waals surface area contributed by atoms with Gasteiger partial charge in [0.15, 0.2) is 0 Å². The first-order valence-corrected chi connectivity index (χ1v) is 9.51. The highest BCUT2D eigenvalue weighted by Crippen LogP contribution is 2.45. The van der Waals surface area contributed by atoms with E-state index < -0.39 is 55.2 Å². The zero-order chi connectivity index (χ0) is 21.9. The fourth-order valence-corrected chi connectivity index (χ4v) is 4.37. The first kappa shape index (κ1) is 20.8. The third kappa shape index (κ3) is 2.88. The van der Waals surface area contributed by atoms with Gasteiger partial charge in [-0.15, -0.1) is 0 Å². The van der Waals surface area contributed by atoms with Gasteiger partial charge in [0.25, 0.3) is 11.5 Å². The van der Waals surface area contributed by atoms with Crippen LogP contribution < -0.4 is 21.3 Å². The highest BCUT2D eigenvalue weighted by atomic mass is 32.2. The largest absolute Gasteiger partial charge is 0.421 e. The zero-order valence-corrected chi connectivity index (χ0v) is 16.1. The molecule has 156 valence electrons. The number of rotatable bonds is 3. The lowest BCUT2D eigenvalue weighted by Crippen LogP contribution is -2.62.